The van der Waals surface area contributed by atoms with E-state index in [1.807, 2.05) is 0 Å². The number of aliphatic hydroxyl groups is 1. The van der Waals surface area contributed by atoms with Crippen molar-refractivity contribution >= 4 is 12.0 Å². The van der Waals surface area contributed by atoms with Crippen LogP contribution in [0.2, 0.25) is 0 Å². The lowest BCUT2D eigenvalue weighted by Gasteiger charge is -2.17. The first kappa shape index (κ1) is 13.7. The highest BCUT2D eigenvalue weighted by atomic mass is 16.4. The molecule has 0 unspecified atom stereocenters. The molecule has 0 aromatic heterocycles. The van der Waals surface area contributed by atoms with Crippen molar-refractivity contribution in [2.24, 2.45) is 5.73 Å². The zero-order valence-corrected chi connectivity index (χ0v) is 8.56. The molecule has 0 aliphatic carbocycles. The van der Waals surface area contributed by atoms with Gasteiger partial charge in [0.2, 0.25) is 0 Å². The smallest absolute Gasteiger partial charge is 0.328 e. The van der Waals surface area contributed by atoms with Gasteiger partial charge in [0.05, 0.1) is 6.10 Å². The van der Waals surface area contributed by atoms with Gasteiger partial charge in [0, 0.05) is 6.54 Å². The quantitative estimate of drug-likeness (QED) is 0.346. The maximum atomic E-state index is 11.1. The van der Waals surface area contributed by atoms with Gasteiger partial charge in [-0.05, 0) is 19.9 Å². The molecule has 0 saturated carbocycles. The molecule has 0 spiro atoms. The van der Waals surface area contributed by atoms with Crippen molar-refractivity contribution in [3.05, 3.63) is 0 Å². The number of carbonyl (C=O) groups excluding carboxylic acids is 1. The first-order chi connectivity index (χ1) is 6.99. The van der Waals surface area contributed by atoms with Crippen LogP contribution in [0.15, 0.2) is 0 Å². The Balaban J connectivity index is 3.95. The maximum Gasteiger partial charge on any atom is 0.328 e. The van der Waals surface area contributed by atoms with Gasteiger partial charge in [-0.3, -0.25) is 0 Å². The van der Waals surface area contributed by atoms with Gasteiger partial charge < -0.3 is 26.6 Å². The minimum absolute atomic E-state index is 0.370. The topological polar surface area (TPSA) is 125 Å². The lowest BCUT2D eigenvalue weighted by atomic mass is 10.2. The number of carboxylic acid groups (broad SMARTS) is 1. The summed E-state index contributed by atoms with van der Waals surface area (Å²) in [7, 11) is 0. The fourth-order valence-electron chi connectivity index (χ4n) is 0.885. The van der Waals surface area contributed by atoms with Crippen LogP contribution in [0.1, 0.15) is 13.3 Å². The van der Waals surface area contributed by atoms with E-state index in [1.165, 1.54) is 6.92 Å². The second kappa shape index (κ2) is 7.02. The average molecular weight is 219 g/mol. The van der Waals surface area contributed by atoms with Crippen molar-refractivity contribution < 1.29 is 19.8 Å². The van der Waals surface area contributed by atoms with Crippen LogP contribution in [-0.2, 0) is 4.79 Å². The van der Waals surface area contributed by atoms with E-state index >= 15 is 0 Å². The SMILES string of the molecule is C[C@@H](O)[C@H](NC(=O)NCCCN)C(=O)O. The van der Waals surface area contributed by atoms with E-state index in [9.17, 15) is 9.59 Å². The number of nitrogens with one attached hydrogen (secondary N) is 2. The molecule has 0 rings (SSSR count). The number of hydrogen-bond acceptors (Lipinski definition) is 4. The Kier molecular flexibility index (Phi) is 6.39. The Bertz CT molecular complexity index is 220. The molecule has 0 aromatic carbocycles. The minimum atomic E-state index is -1.30. The lowest BCUT2D eigenvalue weighted by Crippen LogP contribution is -2.51. The van der Waals surface area contributed by atoms with Crippen molar-refractivity contribution in [2.75, 3.05) is 13.1 Å². The van der Waals surface area contributed by atoms with Crippen LogP contribution >= 0.6 is 0 Å². The summed E-state index contributed by atoms with van der Waals surface area (Å²) in [6, 6.07) is -1.93. The van der Waals surface area contributed by atoms with Crippen LogP contribution in [0.5, 0.6) is 0 Å². The van der Waals surface area contributed by atoms with E-state index in [1.54, 1.807) is 0 Å². The average Bonchev–Trinajstić information content (AvgIpc) is 2.13. The predicted molar refractivity (Wildman–Crippen MR) is 53.3 cm³/mol. The molecule has 2 amide bonds. The highest BCUT2D eigenvalue weighted by Crippen LogP contribution is 1.92. The van der Waals surface area contributed by atoms with Gasteiger partial charge >= 0.3 is 12.0 Å². The van der Waals surface area contributed by atoms with Gasteiger partial charge in [-0.2, -0.15) is 0 Å². The molecule has 0 fully saturated rings. The number of carboxylic acids is 1. The van der Waals surface area contributed by atoms with E-state index in [2.05, 4.69) is 10.6 Å². The lowest BCUT2D eigenvalue weighted by molar-refractivity contribution is -0.141. The zero-order valence-electron chi connectivity index (χ0n) is 8.56. The van der Waals surface area contributed by atoms with Crippen molar-refractivity contribution in [2.45, 2.75) is 25.5 Å². The van der Waals surface area contributed by atoms with Crippen LogP contribution in [-0.4, -0.2) is 47.4 Å². The van der Waals surface area contributed by atoms with Crippen LogP contribution in [0.4, 0.5) is 4.79 Å². The van der Waals surface area contributed by atoms with Crippen molar-refractivity contribution in [1.82, 2.24) is 10.6 Å². The van der Waals surface area contributed by atoms with Gasteiger partial charge in [-0.25, -0.2) is 9.59 Å². The monoisotopic (exact) mass is 219 g/mol. The Morgan fingerprint density at radius 2 is 2.07 bits per heavy atom. The second-order valence-electron chi connectivity index (χ2n) is 3.10. The summed E-state index contributed by atoms with van der Waals surface area (Å²) in [6.07, 6.45) is -0.539. The Morgan fingerprint density at radius 3 is 2.47 bits per heavy atom. The molecule has 7 nitrogen and oxygen atoms in total. The van der Waals surface area contributed by atoms with Gasteiger partial charge in [-0.1, -0.05) is 0 Å². The predicted octanol–water partition coefficient (Wildman–Crippen LogP) is -1.53. The largest absolute Gasteiger partial charge is 0.480 e. The number of aliphatic hydroxyl groups excluding tert-OH is 1. The minimum Gasteiger partial charge on any atom is -0.480 e. The van der Waals surface area contributed by atoms with Crippen LogP contribution in [0, 0.1) is 0 Å². The highest BCUT2D eigenvalue weighted by molar-refractivity contribution is 5.82. The fourth-order valence-corrected chi connectivity index (χ4v) is 0.885. The third-order valence-corrected chi connectivity index (χ3v) is 1.70. The summed E-state index contributed by atoms with van der Waals surface area (Å²) in [5, 5.41) is 22.3. The van der Waals surface area contributed by atoms with E-state index in [0.29, 0.717) is 19.5 Å². The molecule has 0 radical (unpaired) electrons. The molecule has 0 aromatic rings. The van der Waals surface area contributed by atoms with Gasteiger partial charge in [0.25, 0.3) is 0 Å². The molecule has 88 valence electrons. The maximum absolute atomic E-state index is 11.1. The van der Waals surface area contributed by atoms with Crippen LogP contribution < -0.4 is 16.4 Å². The zero-order chi connectivity index (χ0) is 11.8. The normalized spacial score (nSPS) is 14.1. The molecule has 15 heavy (non-hydrogen) atoms. The second-order valence-corrected chi connectivity index (χ2v) is 3.10. The summed E-state index contributed by atoms with van der Waals surface area (Å²) >= 11 is 0. The summed E-state index contributed by atoms with van der Waals surface area (Å²) in [4.78, 5) is 21.7. The molecule has 2 atom stereocenters. The van der Waals surface area contributed by atoms with Crippen molar-refractivity contribution in [3.63, 3.8) is 0 Å². The first-order valence-corrected chi connectivity index (χ1v) is 4.64. The van der Waals surface area contributed by atoms with E-state index in [0.717, 1.165) is 0 Å². The summed E-state index contributed by atoms with van der Waals surface area (Å²) in [6.45, 7) is 2.10. The summed E-state index contributed by atoms with van der Waals surface area (Å²) in [5.41, 5.74) is 5.21. The third-order valence-electron chi connectivity index (χ3n) is 1.70. The molecule has 0 heterocycles. The van der Waals surface area contributed by atoms with Crippen LogP contribution in [0.25, 0.3) is 0 Å². The van der Waals surface area contributed by atoms with Crippen LogP contribution in [0.3, 0.4) is 0 Å². The molecule has 0 bridgehead atoms. The van der Waals surface area contributed by atoms with Crippen molar-refractivity contribution in [1.29, 1.82) is 0 Å². The molecule has 0 aliphatic heterocycles. The van der Waals surface area contributed by atoms with Gasteiger partial charge in [0.15, 0.2) is 6.04 Å². The molecule has 7 heteroatoms. The van der Waals surface area contributed by atoms with E-state index < -0.39 is 24.1 Å². The number of urea groups is 1. The first-order valence-electron chi connectivity index (χ1n) is 4.64. The Hall–Kier alpha value is -1.34. The Labute approximate surface area is 87.6 Å². The number of aliphatic carboxylic acids is 1. The van der Waals surface area contributed by atoms with E-state index in [-0.39, 0.29) is 0 Å². The fraction of sp³-hybridized carbons (Fsp3) is 0.750. The van der Waals surface area contributed by atoms with Gasteiger partial charge in [-0.15, -0.1) is 0 Å². The van der Waals surface area contributed by atoms with E-state index in [4.69, 9.17) is 15.9 Å². The summed E-state index contributed by atoms with van der Waals surface area (Å²) in [5.74, 6) is -1.28. The van der Waals surface area contributed by atoms with Crippen molar-refractivity contribution in [3.8, 4) is 0 Å². The summed E-state index contributed by atoms with van der Waals surface area (Å²) < 4.78 is 0. The highest BCUT2D eigenvalue weighted by Gasteiger charge is 2.24. The standard InChI is InChI=1S/C8H17N3O4/c1-5(12)6(7(13)14)11-8(15)10-4-2-3-9/h5-6,12H,2-4,9H2,1H3,(H,13,14)(H2,10,11,15)/t5-,6+/m1/s1. The molecule has 0 saturated heterocycles. The molecule has 0 aliphatic rings. The Morgan fingerprint density at radius 1 is 1.47 bits per heavy atom. The number of hydrogen-bond donors (Lipinski definition) is 5. The molecular formula is C8H17N3O4. The number of carbonyl (C=O) groups is 2. The number of nitrogens with two attached hydrogens (primary N) is 1. The molecule has 6 N–H and O–H groups in total. The molecular weight excluding hydrogens is 202 g/mol. The number of rotatable bonds is 6. The number of amides is 2. The third kappa shape index (κ3) is 5.87. The van der Waals surface area contributed by atoms with Gasteiger partial charge in [0.1, 0.15) is 0 Å².